The molecule has 1 N–H and O–H groups in total. The van der Waals surface area contributed by atoms with Gasteiger partial charge in [-0.3, -0.25) is 0 Å². The standard InChI is InChI=1S/C7H9FN2/c8-7-6(4-10-7)5-1-2-9-3-5/h4-5,9H,1-3H2. The fourth-order valence-corrected chi connectivity index (χ4v) is 1.38. The third-order valence-electron chi connectivity index (χ3n) is 2.06. The van der Waals surface area contributed by atoms with Gasteiger partial charge in [0.1, 0.15) is 0 Å². The van der Waals surface area contributed by atoms with E-state index in [4.69, 9.17) is 0 Å². The quantitative estimate of drug-likeness (QED) is 0.574. The molecule has 1 unspecified atom stereocenters. The van der Waals surface area contributed by atoms with E-state index in [9.17, 15) is 4.39 Å². The third-order valence-corrected chi connectivity index (χ3v) is 2.06. The lowest BCUT2D eigenvalue weighted by Crippen LogP contribution is -2.17. The Morgan fingerprint density at radius 1 is 1.70 bits per heavy atom. The predicted octanol–water partition coefficient (Wildman–Crippen LogP) is 0.861. The van der Waals surface area contributed by atoms with Gasteiger partial charge in [0.25, 0.3) is 0 Å². The van der Waals surface area contributed by atoms with Crippen LogP contribution in [-0.2, 0) is 0 Å². The maximum absolute atomic E-state index is 12.5. The second-order valence-corrected chi connectivity index (χ2v) is 2.69. The van der Waals surface area contributed by atoms with E-state index in [1.54, 1.807) is 6.20 Å². The zero-order chi connectivity index (χ0) is 6.97. The van der Waals surface area contributed by atoms with Gasteiger partial charge in [0.05, 0.1) is 0 Å². The molecule has 0 spiro atoms. The molecule has 0 aromatic carbocycles. The van der Waals surface area contributed by atoms with E-state index in [2.05, 4.69) is 10.3 Å². The molecule has 2 heterocycles. The highest BCUT2D eigenvalue weighted by Crippen LogP contribution is 2.25. The lowest BCUT2D eigenvalue weighted by Gasteiger charge is -2.14. The highest BCUT2D eigenvalue weighted by atomic mass is 19.1. The van der Waals surface area contributed by atoms with Crippen molar-refractivity contribution in [3.8, 4) is 0 Å². The molecule has 2 nitrogen and oxygen atoms in total. The molecule has 0 aromatic rings. The minimum absolute atomic E-state index is 0.256. The first kappa shape index (κ1) is 6.04. The average Bonchev–Trinajstić information content (AvgIpc) is 2.37. The van der Waals surface area contributed by atoms with Gasteiger partial charge in [-0.2, -0.15) is 4.39 Å². The van der Waals surface area contributed by atoms with Crippen LogP contribution in [0.15, 0.2) is 16.8 Å². The molecule has 0 radical (unpaired) electrons. The van der Waals surface area contributed by atoms with Crippen LogP contribution < -0.4 is 5.32 Å². The Morgan fingerprint density at radius 3 is 3.00 bits per heavy atom. The number of aliphatic imine (C=N–C) groups is 1. The summed E-state index contributed by atoms with van der Waals surface area (Å²) in [5.74, 6) is 0.131. The van der Waals surface area contributed by atoms with Gasteiger partial charge in [0.15, 0.2) is 0 Å². The van der Waals surface area contributed by atoms with Crippen molar-refractivity contribution < 1.29 is 4.39 Å². The molecule has 2 rings (SSSR count). The first-order valence-corrected chi connectivity index (χ1v) is 3.52. The molecule has 10 heavy (non-hydrogen) atoms. The van der Waals surface area contributed by atoms with Crippen molar-refractivity contribution in [2.24, 2.45) is 10.9 Å². The summed E-state index contributed by atoms with van der Waals surface area (Å²) >= 11 is 0. The molecule has 0 aliphatic carbocycles. The van der Waals surface area contributed by atoms with E-state index in [0.29, 0.717) is 5.92 Å². The molecule has 0 saturated carbocycles. The first-order chi connectivity index (χ1) is 4.88. The summed E-state index contributed by atoms with van der Waals surface area (Å²) in [6.07, 6.45) is 2.68. The van der Waals surface area contributed by atoms with Gasteiger partial charge in [-0.15, -0.1) is 0 Å². The highest BCUT2D eigenvalue weighted by Gasteiger charge is 2.26. The monoisotopic (exact) mass is 140 g/mol. The van der Waals surface area contributed by atoms with E-state index >= 15 is 0 Å². The molecular weight excluding hydrogens is 131 g/mol. The van der Waals surface area contributed by atoms with Gasteiger partial charge in [-0.25, -0.2) is 4.99 Å². The van der Waals surface area contributed by atoms with Gasteiger partial charge < -0.3 is 5.32 Å². The van der Waals surface area contributed by atoms with E-state index in [-0.39, 0.29) is 5.97 Å². The summed E-state index contributed by atoms with van der Waals surface area (Å²) in [5, 5.41) is 3.18. The minimum atomic E-state index is -0.256. The Kier molecular flexibility index (Phi) is 1.31. The second kappa shape index (κ2) is 2.16. The number of hydrogen-bond donors (Lipinski definition) is 1. The SMILES string of the molecule is FC1=NC=C1C1CCNC1. The molecular formula is C7H9FN2. The fourth-order valence-electron chi connectivity index (χ4n) is 1.38. The number of nitrogens with zero attached hydrogens (tertiary/aromatic N) is 1. The van der Waals surface area contributed by atoms with E-state index in [0.717, 1.165) is 25.1 Å². The number of rotatable bonds is 1. The van der Waals surface area contributed by atoms with Crippen molar-refractivity contribution in [2.75, 3.05) is 13.1 Å². The van der Waals surface area contributed by atoms with Crippen molar-refractivity contribution in [1.82, 2.24) is 5.32 Å². The van der Waals surface area contributed by atoms with Crippen LogP contribution >= 0.6 is 0 Å². The van der Waals surface area contributed by atoms with Crippen LogP contribution in [0.1, 0.15) is 6.42 Å². The molecule has 54 valence electrons. The van der Waals surface area contributed by atoms with Gasteiger partial charge >= 0.3 is 0 Å². The molecule has 2 aliphatic heterocycles. The van der Waals surface area contributed by atoms with Crippen molar-refractivity contribution in [1.29, 1.82) is 0 Å². The first-order valence-electron chi connectivity index (χ1n) is 3.52. The fraction of sp³-hybridized carbons (Fsp3) is 0.571. The van der Waals surface area contributed by atoms with Crippen LogP contribution in [0.3, 0.4) is 0 Å². The summed E-state index contributed by atoms with van der Waals surface area (Å²) in [7, 11) is 0. The number of nitrogens with one attached hydrogen (secondary N) is 1. The Morgan fingerprint density at radius 2 is 2.60 bits per heavy atom. The Bertz CT molecular complexity index is 202. The lowest BCUT2D eigenvalue weighted by molar-refractivity contribution is 0.661. The maximum atomic E-state index is 12.5. The van der Waals surface area contributed by atoms with Crippen molar-refractivity contribution >= 4 is 5.97 Å². The summed E-state index contributed by atoms with van der Waals surface area (Å²) in [4.78, 5) is 3.46. The largest absolute Gasteiger partial charge is 0.316 e. The normalized spacial score (nSPS) is 31.1. The van der Waals surface area contributed by atoms with Crippen LogP contribution in [0.4, 0.5) is 4.39 Å². The van der Waals surface area contributed by atoms with E-state index in [1.165, 1.54) is 0 Å². The van der Waals surface area contributed by atoms with Crippen LogP contribution in [0.25, 0.3) is 0 Å². The topological polar surface area (TPSA) is 24.4 Å². The summed E-state index contributed by atoms with van der Waals surface area (Å²) in [6, 6.07) is 0. The van der Waals surface area contributed by atoms with Gasteiger partial charge in [0.2, 0.25) is 5.97 Å². The van der Waals surface area contributed by atoms with Crippen LogP contribution in [0, 0.1) is 5.92 Å². The van der Waals surface area contributed by atoms with Crippen LogP contribution in [0.2, 0.25) is 0 Å². The zero-order valence-corrected chi connectivity index (χ0v) is 5.60. The smallest absolute Gasteiger partial charge is 0.217 e. The maximum Gasteiger partial charge on any atom is 0.217 e. The van der Waals surface area contributed by atoms with Crippen LogP contribution in [-0.4, -0.2) is 19.1 Å². The predicted molar refractivity (Wildman–Crippen MR) is 37.6 cm³/mol. The third kappa shape index (κ3) is 0.778. The zero-order valence-electron chi connectivity index (χ0n) is 5.60. The molecule has 0 bridgehead atoms. The molecule has 0 amide bonds. The van der Waals surface area contributed by atoms with Crippen molar-refractivity contribution in [3.63, 3.8) is 0 Å². The van der Waals surface area contributed by atoms with E-state index < -0.39 is 0 Å². The van der Waals surface area contributed by atoms with Gasteiger partial charge in [0, 0.05) is 24.2 Å². The molecule has 1 saturated heterocycles. The number of hydrogen-bond acceptors (Lipinski definition) is 2. The van der Waals surface area contributed by atoms with E-state index in [1.807, 2.05) is 0 Å². The number of halogens is 1. The highest BCUT2D eigenvalue weighted by molar-refractivity contribution is 5.98. The molecule has 1 fully saturated rings. The molecule has 2 aliphatic rings. The Labute approximate surface area is 58.8 Å². The van der Waals surface area contributed by atoms with Crippen LogP contribution in [0.5, 0.6) is 0 Å². The average molecular weight is 140 g/mol. The van der Waals surface area contributed by atoms with Gasteiger partial charge in [-0.05, 0) is 13.0 Å². The van der Waals surface area contributed by atoms with Crippen molar-refractivity contribution in [2.45, 2.75) is 6.42 Å². The summed E-state index contributed by atoms with van der Waals surface area (Å²) < 4.78 is 12.5. The molecule has 3 heteroatoms. The molecule has 0 aromatic heterocycles. The summed E-state index contributed by atoms with van der Waals surface area (Å²) in [5.41, 5.74) is 0.810. The Balaban J connectivity index is 2.00. The summed E-state index contributed by atoms with van der Waals surface area (Å²) in [6.45, 7) is 1.92. The van der Waals surface area contributed by atoms with Crippen molar-refractivity contribution in [3.05, 3.63) is 11.8 Å². The second-order valence-electron chi connectivity index (χ2n) is 2.69. The van der Waals surface area contributed by atoms with Gasteiger partial charge in [-0.1, -0.05) is 0 Å². The lowest BCUT2D eigenvalue weighted by atomic mass is 9.97. The minimum Gasteiger partial charge on any atom is -0.316 e. The molecule has 1 atom stereocenters. The Hall–Kier alpha value is -0.700.